The van der Waals surface area contributed by atoms with Gasteiger partial charge in [-0.1, -0.05) is 36.4 Å². The third-order valence-corrected chi connectivity index (χ3v) is 5.10. The fourth-order valence-corrected chi connectivity index (χ4v) is 3.93. The number of fused-ring (bicyclic) bond motifs is 1. The van der Waals surface area contributed by atoms with Crippen LogP contribution in [0.15, 0.2) is 77.1 Å². The van der Waals surface area contributed by atoms with Gasteiger partial charge in [-0.05, 0) is 53.6 Å². The van der Waals surface area contributed by atoms with Crippen LogP contribution < -0.4 is 4.80 Å². The van der Waals surface area contributed by atoms with Gasteiger partial charge < -0.3 is 9.67 Å². The van der Waals surface area contributed by atoms with Gasteiger partial charge in [0.15, 0.2) is 4.80 Å². The lowest BCUT2D eigenvalue weighted by molar-refractivity contribution is 0.475. The molecule has 0 bridgehead atoms. The molecule has 3 aromatic carbocycles. The monoisotopic (exact) mass is 346 g/mol. The Labute approximate surface area is 150 Å². The van der Waals surface area contributed by atoms with Crippen LogP contribution in [0, 0.1) is 0 Å². The Morgan fingerprint density at radius 3 is 2.48 bits per heavy atom. The van der Waals surface area contributed by atoms with E-state index in [-0.39, 0.29) is 5.75 Å². The van der Waals surface area contributed by atoms with Gasteiger partial charge in [-0.3, -0.25) is 0 Å². The summed E-state index contributed by atoms with van der Waals surface area (Å²) in [6.45, 7) is 2.98. The number of phenolic OH excluding ortho intramolecular Hbond substituents is 1. The first-order valence-corrected chi connectivity index (χ1v) is 9.14. The van der Waals surface area contributed by atoms with E-state index < -0.39 is 0 Å². The average molecular weight is 346 g/mol. The summed E-state index contributed by atoms with van der Waals surface area (Å²) >= 11 is 1.63. The maximum absolute atomic E-state index is 9.42. The van der Waals surface area contributed by atoms with E-state index in [9.17, 15) is 5.11 Å². The molecule has 4 aromatic rings. The molecule has 124 valence electrons. The van der Waals surface area contributed by atoms with Crippen molar-refractivity contribution in [2.45, 2.75) is 13.5 Å². The first-order chi connectivity index (χ1) is 12.2. The van der Waals surface area contributed by atoms with Gasteiger partial charge in [0.1, 0.15) is 5.75 Å². The zero-order valence-electron chi connectivity index (χ0n) is 13.9. The predicted octanol–water partition coefficient (Wildman–Crippen LogP) is 5.33. The van der Waals surface area contributed by atoms with Crippen molar-refractivity contribution in [3.8, 4) is 17.0 Å². The third kappa shape index (κ3) is 3.08. The molecule has 0 spiro atoms. The van der Waals surface area contributed by atoms with Gasteiger partial charge in [0.25, 0.3) is 0 Å². The van der Waals surface area contributed by atoms with Gasteiger partial charge in [-0.25, -0.2) is 4.99 Å². The molecule has 0 fully saturated rings. The van der Waals surface area contributed by atoms with E-state index in [1.165, 1.54) is 22.0 Å². The summed E-state index contributed by atoms with van der Waals surface area (Å²) in [5, 5.41) is 14.1. The molecule has 1 aromatic heterocycles. The molecule has 25 heavy (non-hydrogen) atoms. The van der Waals surface area contributed by atoms with E-state index in [0.717, 1.165) is 17.0 Å². The quantitative estimate of drug-likeness (QED) is 0.535. The molecule has 0 aliphatic carbocycles. The molecule has 4 heteroatoms. The van der Waals surface area contributed by atoms with Crippen LogP contribution in [0.2, 0.25) is 0 Å². The lowest BCUT2D eigenvalue weighted by atomic mass is 10.1. The van der Waals surface area contributed by atoms with Crippen molar-refractivity contribution in [2.75, 3.05) is 0 Å². The maximum Gasteiger partial charge on any atom is 0.190 e. The molecule has 0 aliphatic heterocycles. The number of aromatic hydroxyl groups is 1. The SMILES string of the molecule is CCn1c(-c2ccc3ccccc3c2)csc1=Nc1ccc(O)cc1. The van der Waals surface area contributed by atoms with E-state index in [2.05, 4.69) is 59.3 Å². The van der Waals surface area contributed by atoms with Crippen molar-refractivity contribution in [2.24, 2.45) is 4.99 Å². The Bertz CT molecular complexity index is 1090. The van der Waals surface area contributed by atoms with E-state index in [1.807, 2.05) is 12.1 Å². The van der Waals surface area contributed by atoms with E-state index in [1.54, 1.807) is 23.5 Å². The number of thiazole rings is 1. The Balaban J connectivity index is 1.82. The Morgan fingerprint density at radius 2 is 1.72 bits per heavy atom. The zero-order chi connectivity index (χ0) is 17.2. The summed E-state index contributed by atoms with van der Waals surface area (Å²) in [4.78, 5) is 5.69. The highest BCUT2D eigenvalue weighted by molar-refractivity contribution is 7.07. The highest BCUT2D eigenvalue weighted by Gasteiger charge is 2.07. The first-order valence-electron chi connectivity index (χ1n) is 8.26. The highest BCUT2D eigenvalue weighted by Crippen LogP contribution is 2.25. The van der Waals surface area contributed by atoms with Gasteiger partial charge in [0, 0.05) is 11.9 Å². The van der Waals surface area contributed by atoms with Crippen LogP contribution in [0.4, 0.5) is 5.69 Å². The van der Waals surface area contributed by atoms with Gasteiger partial charge >= 0.3 is 0 Å². The average Bonchev–Trinajstić information content (AvgIpc) is 3.05. The van der Waals surface area contributed by atoms with Gasteiger partial charge in [-0.2, -0.15) is 0 Å². The summed E-state index contributed by atoms with van der Waals surface area (Å²) in [6.07, 6.45) is 0. The van der Waals surface area contributed by atoms with Crippen LogP contribution in [0.25, 0.3) is 22.0 Å². The van der Waals surface area contributed by atoms with Crippen molar-refractivity contribution in [3.63, 3.8) is 0 Å². The van der Waals surface area contributed by atoms with Crippen LogP contribution in [0.5, 0.6) is 5.75 Å². The molecule has 0 saturated heterocycles. The first kappa shape index (κ1) is 15.7. The molecule has 0 aliphatic rings. The minimum atomic E-state index is 0.255. The minimum absolute atomic E-state index is 0.255. The number of hydrogen-bond donors (Lipinski definition) is 1. The second-order valence-electron chi connectivity index (χ2n) is 5.84. The fraction of sp³-hybridized carbons (Fsp3) is 0.0952. The fourth-order valence-electron chi connectivity index (χ4n) is 2.94. The molecular formula is C21H18N2OS. The second kappa shape index (κ2) is 6.57. The van der Waals surface area contributed by atoms with Crippen LogP contribution >= 0.6 is 11.3 Å². The molecule has 0 amide bonds. The third-order valence-electron chi connectivity index (χ3n) is 4.23. The van der Waals surface area contributed by atoms with Gasteiger partial charge in [-0.15, -0.1) is 11.3 Å². The van der Waals surface area contributed by atoms with Crippen molar-refractivity contribution in [1.29, 1.82) is 0 Å². The Morgan fingerprint density at radius 1 is 0.960 bits per heavy atom. The summed E-state index contributed by atoms with van der Waals surface area (Å²) in [5.41, 5.74) is 3.21. The van der Waals surface area contributed by atoms with Crippen molar-refractivity contribution < 1.29 is 5.11 Å². The van der Waals surface area contributed by atoms with E-state index >= 15 is 0 Å². The lowest BCUT2D eigenvalue weighted by Gasteiger charge is -2.07. The molecule has 0 unspecified atom stereocenters. The Hall–Kier alpha value is -2.85. The lowest BCUT2D eigenvalue weighted by Crippen LogP contribution is -2.14. The van der Waals surface area contributed by atoms with Crippen LogP contribution in [0.1, 0.15) is 6.92 Å². The predicted molar refractivity (Wildman–Crippen MR) is 104 cm³/mol. The summed E-state index contributed by atoms with van der Waals surface area (Å²) < 4.78 is 2.22. The molecule has 1 N–H and O–H groups in total. The van der Waals surface area contributed by atoms with Crippen LogP contribution in [0.3, 0.4) is 0 Å². The Kier molecular flexibility index (Phi) is 4.12. The number of benzene rings is 3. The number of nitrogens with zero attached hydrogens (tertiary/aromatic N) is 2. The standard InChI is InChI=1S/C21H18N2OS/c1-2-23-20(17-8-7-15-5-3-4-6-16(15)13-17)14-25-21(23)22-18-9-11-19(24)12-10-18/h3-14,24H,2H2,1H3. The number of aromatic nitrogens is 1. The maximum atomic E-state index is 9.42. The molecule has 0 atom stereocenters. The number of phenols is 1. The van der Waals surface area contributed by atoms with Gasteiger partial charge in [0.2, 0.25) is 0 Å². The van der Waals surface area contributed by atoms with Gasteiger partial charge in [0.05, 0.1) is 11.4 Å². The van der Waals surface area contributed by atoms with Crippen LogP contribution in [-0.4, -0.2) is 9.67 Å². The summed E-state index contributed by atoms with van der Waals surface area (Å²) in [5.74, 6) is 0.255. The normalized spacial score (nSPS) is 12.0. The van der Waals surface area contributed by atoms with Crippen molar-refractivity contribution in [1.82, 2.24) is 4.57 Å². The van der Waals surface area contributed by atoms with E-state index in [0.29, 0.717) is 0 Å². The number of hydrogen-bond acceptors (Lipinski definition) is 3. The molecule has 1 heterocycles. The minimum Gasteiger partial charge on any atom is -0.508 e. The van der Waals surface area contributed by atoms with Crippen molar-refractivity contribution >= 4 is 27.8 Å². The molecule has 0 radical (unpaired) electrons. The van der Waals surface area contributed by atoms with E-state index in [4.69, 9.17) is 4.99 Å². The zero-order valence-corrected chi connectivity index (χ0v) is 14.7. The topological polar surface area (TPSA) is 37.5 Å². The smallest absolute Gasteiger partial charge is 0.190 e. The molecule has 0 saturated carbocycles. The largest absolute Gasteiger partial charge is 0.508 e. The second-order valence-corrected chi connectivity index (χ2v) is 6.67. The summed E-state index contributed by atoms with van der Waals surface area (Å²) in [7, 11) is 0. The van der Waals surface area contributed by atoms with Crippen LogP contribution in [-0.2, 0) is 6.54 Å². The molecule has 4 rings (SSSR count). The number of rotatable bonds is 3. The highest BCUT2D eigenvalue weighted by atomic mass is 32.1. The summed E-state index contributed by atoms with van der Waals surface area (Å²) in [6, 6.07) is 21.9. The molecule has 3 nitrogen and oxygen atoms in total. The molecular weight excluding hydrogens is 328 g/mol. The van der Waals surface area contributed by atoms with Crippen molar-refractivity contribution in [3.05, 3.63) is 76.9 Å².